The van der Waals surface area contributed by atoms with E-state index < -0.39 is 17.5 Å². The standard InChI is InChI=1S/C22H18ClFN2O3/c1-11-19(13(3)27)12(2)25-20(11)22(29)26-18-9-8-14(23)10-16(18)21(28)15-6-4-5-7-17(15)24/h4-10,25H,1-3H3,(H,26,29). The molecule has 148 valence electrons. The summed E-state index contributed by atoms with van der Waals surface area (Å²) < 4.78 is 14.1. The summed E-state index contributed by atoms with van der Waals surface area (Å²) in [5.74, 6) is -1.96. The minimum atomic E-state index is -0.670. The Balaban J connectivity index is 2.00. The van der Waals surface area contributed by atoms with Crippen LogP contribution in [-0.2, 0) is 0 Å². The lowest BCUT2D eigenvalue weighted by molar-refractivity contribution is 0.101. The highest BCUT2D eigenvalue weighted by Crippen LogP contribution is 2.26. The second kappa shape index (κ2) is 8.01. The molecule has 3 aromatic rings. The number of ketones is 2. The van der Waals surface area contributed by atoms with Gasteiger partial charge in [-0.2, -0.15) is 0 Å². The Hall–Kier alpha value is -3.25. The van der Waals surface area contributed by atoms with Crippen molar-refractivity contribution in [3.63, 3.8) is 0 Å². The van der Waals surface area contributed by atoms with Crippen molar-refractivity contribution in [2.24, 2.45) is 0 Å². The highest BCUT2D eigenvalue weighted by molar-refractivity contribution is 6.31. The maximum atomic E-state index is 14.1. The molecular weight excluding hydrogens is 395 g/mol. The fraction of sp³-hybridized carbons (Fsp3) is 0.136. The van der Waals surface area contributed by atoms with Gasteiger partial charge in [-0.05, 0) is 56.7 Å². The molecule has 0 bridgehead atoms. The Kier molecular flexibility index (Phi) is 5.66. The normalized spacial score (nSPS) is 10.7. The number of nitrogens with one attached hydrogen (secondary N) is 2. The van der Waals surface area contributed by atoms with Crippen LogP contribution in [0.5, 0.6) is 0 Å². The van der Waals surface area contributed by atoms with Crippen LogP contribution in [0.25, 0.3) is 0 Å². The van der Waals surface area contributed by atoms with Crippen LogP contribution in [0, 0.1) is 19.7 Å². The third-order valence-corrected chi connectivity index (χ3v) is 4.84. The second-order valence-electron chi connectivity index (χ2n) is 6.63. The maximum Gasteiger partial charge on any atom is 0.272 e. The van der Waals surface area contributed by atoms with Crippen LogP contribution in [0.3, 0.4) is 0 Å². The van der Waals surface area contributed by atoms with E-state index in [2.05, 4.69) is 10.3 Å². The van der Waals surface area contributed by atoms with Gasteiger partial charge in [0.25, 0.3) is 5.91 Å². The van der Waals surface area contributed by atoms with Gasteiger partial charge in [-0.25, -0.2) is 4.39 Å². The number of aromatic nitrogens is 1. The number of hydrogen-bond acceptors (Lipinski definition) is 3. The number of anilines is 1. The lowest BCUT2D eigenvalue weighted by Gasteiger charge is -2.11. The second-order valence-corrected chi connectivity index (χ2v) is 7.07. The number of carbonyl (C=O) groups excluding carboxylic acids is 3. The van der Waals surface area contributed by atoms with E-state index in [0.29, 0.717) is 16.8 Å². The van der Waals surface area contributed by atoms with E-state index in [1.165, 1.54) is 43.3 Å². The first kappa shape index (κ1) is 20.5. The lowest BCUT2D eigenvalue weighted by atomic mass is 10.0. The SMILES string of the molecule is CC(=O)c1c(C)[nH]c(C(=O)Nc2ccc(Cl)cc2C(=O)c2ccccc2F)c1C. The molecule has 0 aliphatic carbocycles. The lowest BCUT2D eigenvalue weighted by Crippen LogP contribution is -2.17. The van der Waals surface area contributed by atoms with Crippen molar-refractivity contribution in [1.82, 2.24) is 4.98 Å². The molecule has 2 aromatic carbocycles. The zero-order valence-corrected chi connectivity index (χ0v) is 16.8. The fourth-order valence-electron chi connectivity index (χ4n) is 3.29. The number of aromatic amines is 1. The molecule has 0 unspecified atom stereocenters. The quantitative estimate of drug-likeness (QED) is 0.571. The first-order valence-corrected chi connectivity index (χ1v) is 9.18. The third kappa shape index (κ3) is 3.98. The van der Waals surface area contributed by atoms with Gasteiger partial charge in [0.15, 0.2) is 11.6 Å². The molecule has 0 fully saturated rings. The van der Waals surface area contributed by atoms with Gasteiger partial charge < -0.3 is 10.3 Å². The molecule has 1 aromatic heterocycles. The number of carbonyl (C=O) groups is 3. The topological polar surface area (TPSA) is 79.0 Å². The first-order chi connectivity index (χ1) is 13.7. The first-order valence-electron chi connectivity index (χ1n) is 8.81. The minimum absolute atomic E-state index is 0.0590. The van der Waals surface area contributed by atoms with Crippen LogP contribution in [0.15, 0.2) is 42.5 Å². The largest absolute Gasteiger partial charge is 0.354 e. The molecule has 29 heavy (non-hydrogen) atoms. The average Bonchev–Trinajstić information content (AvgIpc) is 2.97. The van der Waals surface area contributed by atoms with E-state index in [9.17, 15) is 18.8 Å². The van der Waals surface area contributed by atoms with Crippen LogP contribution in [-0.4, -0.2) is 22.5 Å². The van der Waals surface area contributed by atoms with E-state index in [1.54, 1.807) is 19.9 Å². The van der Waals surface area contributed by atoms with Gasteiger partial charge in [0.2, 0.25) is 0 Å². The number of halogens is 2. The van der Waals surface area contributed by atoms with E-state index in [1.807, 2.05) is 0 Å². The summed E-state index contributed by atoms with van der Waals surface area (Å²) in [5, 5.41) is 2.93. The van der Waals surface area contributed by atoms with Crippen LogP contribution in [0.4, 0.5) is 10.1 Å². The maximum absolute atomic E-state index is 14.1. The zero-order valence-electron chi connectivity index (χ0n) is 16.0. The van der Waals surface area contributed by atoms with Gasteiger partial charge in [0.05, 0.1) is 11.3 Å². The van der Waals surface area contributed by atoms with Crippen molar-refractivity contribution in [2.75, 3.05) is 5.32 Å². The number of rotatable bonds is 5. The summed E-state index contributed by atoms with van der Waals surface area (Å²) in [6.07, 6.45) is 0. The van der Waals surface area contributed by atoms with Gasteiger partial charge in [-0.3, -0.25) is 14.4 Å². The van der Waals surface area contributed by atoms with E-state index >= 15 is 0 Å². The Labute approximate surface area is 171 Å². The molecule has 5 nitrogen and oxygen atoms in total. The van der Waals surface area contributed by atoms with E-state index in [0.717, 1.165) is 0 Å². The molecule has 0 atom stereocenters. The Morgan fingerprint density at radius 1 is 1.03 bits per heavy atom. The van der Waals surface area contributed by atoms with E-state index in [-0.39, 0.29) is 33.3 Å². The van der Waals surface area contributed by atoms with Gasteiger partial charge in [-0.15, -0.1) is 0 Å². The summed E-state index contributed by atoms with van der Waals surface area (Å²) in [6, 6.07) is 9.95. The number of Topliss-reactive ketones (excluding diaryl/α,β-unsaturated/α-hetero) is 1. The smallest absolute Gasteiger partial charge is 0.272 e. The van der Waals surface area contributed by atoms with Crippen molar-refractivity contribution < 1.29 is 18.8 Å². The monoisotopic (exact) mass is 412 g/mol. The molecule has 2 N–H and O–H groups in total. The van der Waals surface area contributed by atoms with Crippen LogP contribution >= 0.6 is 11.6 Å². The molecule has 7 heteroatoms. The predicted molar refractivity (Wildman–Crippen MR) is 110 cm³/mol. The van der Waals surface area contributed by atoms with E-state index in [4.69, 9.17) is 11.6 Å². The summed E-state index contributed by atoms with van der Waals surface area (Å²) >= 11 is 6.02. The predicted octanol–water partition coefficient (Wildman–Crippen LogP) is 5.11. The molecular formula is C22H18ClFN2O3. The molecule has 0 saturated carbocycles. The minimum Gasteiger partial charge on any atom is -0.354 e. The molecule has 0 aliphatic rings. The van der Waals surface area contributed by atoms with Crippen molar-refractivity contribution in [1.29, 1.82) is 0 Å². The number of aryl methyl sites for hydroxylation is 1. The molecule has 0 radical (unpaired) electrons. The summed E-state index contributed by atoms with van der Waals surface area (Å²) in [4.78, 5) is 40.4. The molecule has 0 saturated heterocycles. The molecule has 1 heterocycles. The van der Waals surface area contributed by atoms with Crippen LogP contribution in [0.1, 0.15) is 54.9 Å². The molecule has 1 amide bonds. The highest BCUT2D eigenvalue weighted by atomic mass is 35.5. The Morgan fingerprint density at radius 3 is 2.34 bits per heavy atom. The fourth-order valence-corrected chi connectivity index (χ4v) is 3.47. The van der Waals surface area contributed by atoms with Crippen molar-refractivity contribution >= 4 is 34.8 Å². The number of hydrogen-bond donors (Lipinski definition) is 2. The summed E-state index contributed by atoms with van der Waals surface area (Å²) in [6.45, 7) is 4.80. The van der Waals surface area contributed by atoms with Crippen molar-refractivity contribution in [2.45, 2.75) is 20.8 Å². The van der Waals surface area contributed by atoms with Crippen molar-refractivity contribution in [3.8, 4) is 0 Å². The summed E-state index contributed by atoms with van der Waals surface area (Å²) in [7, 11) is 0. The molecule has 3 rings (SSSR count). The third-order valence-electron chi connectivity index (χ3n) is 4.61. The Bertz CT molecular complexity index is 1150. The van der Waals surface area contributed by atoms with Crippen LogP contribution in [0.2, 0.25) is 5.02 Å². The average molecular weight is 413 g/mol. The number of benzene rings is 2. The molecule has 0 spiro atoms. The highest BCUT2D eigenvalue weighted by Gasteiger charge is 2.23. The van der Waals surface area contributed by atoms with Gasteiger partial charge >= 0.3 is 0 Å². The zero-order chi connectivity index (χ0) is 21.3. The number of amides is 1. The summed E-state index contributed by atoms with van der Waals surface area (Å²) in [5.41, 5.74) is 1.88. The van der Waals surface area contributed by atoms with Gasteiger partial charge in [-0.1, -0.05) is 23.7 Å². The Morgan fingerprint density at radius 2 is 1.72 bits per heavy atom. The van der Waals surface area contributed by atoms with Crippen LogP contribution < -0.4 is 5.32 Å². The van der Waals surface area contributed by atoms with Gasteiger partial charge in [0.1, 0.15) is 11.5 Å². The number of H-pyrrole nitrogens is 1. The van der Waals surface area contributed by atoms with Crippen molar-refractivity contribution in [3.05, 3.63) is 86.9 Å². The molecule has 0 aliphatic heterocycles. The van der Waals surface area contributed by atoms with Gasteiger partial charge in [0, 0.05) is 21.8 Å².